The Morgan fingerprint density at radius 1 is 1.67 bits per heavy atom. The lowest BCUT2D eigenvalue weighted by molar-refractivity contribution is -0.0230. The first kappa shape index (κ1) is 13.1. The normalized spacial score (nSPS) is 22.1. The average Bonchev–Trinajstić information content (AvgIpc) is 2.86. The van der Waals surface area contributed by atoms with Crippen LogP contribution in [0.2, 0.25) is 0 Å². The first-order valence-electron chi connectivity index (χ1n) is 6.37. The molecule has 1 aliphatic heterocycles. The third-order valence-corrected chi connectivity index (χ3v) is 3.09. The van der Waals surface area contributed by atoms with E-state index < -0.39 is 0 Å². The van der Waals surface area contributed by atoms with E-state index in [9.17, 15) is 4.79 Å². The van der Waals surface area contributed by atoms with Gasteiger partial charge in [-0.1, -0.05) is 0 Å². The van der Waals surface area contributed by atoms with Crippen LogP contribution in [0.25, 0.3) is 0 Å². The highest BCUT2D eigenvalue weighted by molar-refractivity contribution is 5.88. The highest BCUT2D eigenvalue weighted by atomic mass is 16.5. The Labute approximate surface area is 107 Å². The van der Waals surface area contributed by atoms with E-state index in [1.165, 1.54) is 6.20 Å². The van der Waals surface area contributed by atoms with Crippen molar-refractivity contribution in [1.82, 2.24) is 9.78 Å². The standard InChI is InChI=1S/C13H20N2O3/c1-4-17-12(16)10-7-14-15(8-10)9-11-5-6-13(2,3)18-11/h7-8,11H,4-6,9H2,1-3H3. The van der Waals surface area contributed by atoms with Crippen LogP contribution in [0.5, 0.6) is 0 Å². The molecule has 18 heavy (non-hydrogen) atoms. The lowest BCUT2D eigenvalue weighted by Crippen LogP contribution is -2.23. The number of ether oxygens (including phenoxy) is 2. The van der Waals surface area contributed by atoms with Crippen LogP contribution in [0.1, 0.15) is 44.0 Å². The second-order valence-electron chi connectivity index (χ2n) is 5.21. The molecule has 1 unspecified atom stereocenters. The van der Waals surface area contributed by atoms with E-state index >= 15 is 0 Å². The predicted octanol–water partition coefficient (Wildman–Crippen LogP) is 2.02. The van der Waals surface area contributed by atoms with Crippen LogP contribution in [-0.4, -0.2) is 34.1 Å². The Hall–Kier alpha value is -1.36. The summed E-state index contributed by atoms with van der Waals surface area (Å²) in [5.41, 5.74) is 0.455. The number of hydrogen-bond acceptors (Lipinski definition) is 4. The van der Waals surface area contributed by atoms with Crippen molar-refractivity contribution >= 4 is 5.97 Å². The third kappa shape index (κ3) is 3.10. The van der Waals surface area contributed by atoms with Crippen molar-refractivity contribution < 1.29 is 14.3 Å². The van der Waals surface area contributed by atoms with Crippen LogP contribution < -0.4 is 0 Å². The molecule has 1 aliphatic rings. The summed E-state index contributed by atoms with van der Waals surface area (Å²) in [7, 11) is 0. The number of carbonyl (C=O) groups is 1. The molecule has 0 N–H and O–H groups in total. The highest BCUT2D eigenvalue weighted by Gasteiger charge is 2.31. The molecule has 100 valence electrons. The quantitative estimate of drug-likeness (QED) is 0.769. The number of carbonyl (C=O) groups excluding carboxylic acids is 1. The molecule has 0 bridgehead atoms. The molecular weight excluding hydrogens is 232 g/mol. The minimum Gasteiger partial charge on any atom is -0.462 e. The van der Waals surface area contributed by atoms with Crippen molar-refractivity contribution in [2.24, 2.45) is 0 Å². The topological polar surface area (TPSA) is 53.3 Å². The van der Waals surface area contributed by atoms with Gasteiger partial charge in [0.15, 0.2) is 0 Å². The average molecular weight is 252 g/mol. The highest BCUT2D eigenvalue weighted by Crippen LogP contribution is 2.29. The second kappa shape index (κ2) is 5.10. The van der Waals surface area contributed by atoms with E-state index in [1.54, 1.807) is 17.8 Å². The summed E-state index contributed by atoms with van der Waals surface area (Å²) in [5.74, 6) is -0.323. The van der Waals surface area contributed by atoms with Gasteiger partial charge in [0, 0.05) is 6.20 Å². The Morgan fingerprint density at radius 3 is 3.06 bits per heavy atom. The van der Waals surface area contributed by atoms with Gasteiger partial charge in [0.25, 0.3) is 0 Å². The molecule has 5 nitrogen and oxygen atoms in total. The summed E-state index contributed by atoms with van der Waals surface area (Å²) in [6.07, 6.45) is 5.52. The molecule has 0 spiro atoms. The summed E-state index contributed by atoms with van der Waals surface area (Å²) in [6.45, 7) is 7.05. The van der Waals surface area contributed by atoms with Crippen molar-refractivity contribution in [2.45, 2.75) is 51.9 Å². The van der Waals surface area contributed by atoms with Crippen molar-refractivity contribution in [3.63, 3.8) is 0 Å². The van der Waals surface area contributed by atoms with Crippen LogP contribution in [0.3, 0.4) is 0 Å². The molecule has 0 aliphatic carbocycles. The molecule has 0 amide bonds. The summed E-state index contributed by atoms with van der Waals surface area (Å²) in [4.78, 5) is 11.5. The van der Waals surface area contributed by atoms with E-state index in [0.717, 1.165) is 12.8 Å². The van der Waals surface area contributed by atoms with Gasteiger partial charge >= 0.3 is 5.97 Å². The van der Waals surface area contributed by atoms with E-state index in [-0.39, 0.29) is 17.7 Å². The minimum atomic E-state index is -0.323. The van der Waals surface area contributed by atoms with Crippen LogP contribution >= 0.6 is 0 Å². The molecule has 0 radical (unpaired) electrons. The molecule has 1 aromatic heterocycles. The maximum Gasteiger partial charge on any atom is 0.341 e. The van der Waals surface area contributed by atoms with Gasteiger partial charge in [-0.05, 0) is 33.6 Å². The van der Waals surface area contributed by atoms with Crippen LogP contribution in [0, 0.1) is 0 Å². The SMILES string of the molecule is CCOC(=O)c1cnn(CC2CCC(C)(C)O2)c1. The van der Waals surface area contributed by atoms with Gasteiger partial charge in [-0.2, -0.15) is 5.10 Å². The molecule has 1 fully saturated rings. The third-order valence-electron chi connectivity index (χ3n) is 3.09. The van der Waals surface area contributed by atoms with Gasteiger partial charge < -0.3 is 9.47 Å². The van der Waals surface area contributed by atoms with E-state index in [0.29, 0.717) is 18.7 Å². The largest absolute Gasteiger partial charge is 0.462 e. The predicted molar refractivity (Wildman–Crippen MR) is 66.4 cm³/mol. The Balaban J connectivity index is 1.93. The first-order chi connectivity index (χ1) is 8.50. The maximum absolute atomic E-state index is 11.5. The van der Waals surface area contributed by atoms with Gasteiger partial charge in [-0.3, -0.25) is 4.68 Å². The monoisotopic (exact) mass is 252 g/mol. The number of aromatic nitrogens is 2. The van der Waals surface area contributed by atoms with Gasteiger partial charge in [0.05, 0.1) is 36.6 Å². The van der Waals surface area contributed by atoms with Crippen molar-refractivity contribution in [2.75, 3.05) is 6.61 Å². The van der Waals surface area contributed by atoms with Crippen LogP contribution in [-0.2, 0) is 16.0 Å². The summed E-state index contributed by atoms with van der Waals surface area (Å²) in [5, 5.41) is 4.17. The van der Waals surface area contributed by atoms with E-state index in [4.69, 9.17) is 9.47 Å². The number of hydrogen-bond donors (Lipinski definition) is 0. The zero-order valence-corrected chi connectivity index (χ0v) is 11.2. The molecule has 1 atom stereocenters. The summed E-state index contributed by atoms with van der Waals surface area (Å²) < 4.78 is 12.6. The fourth-order valence-electron chi connectivity index (χ4n) is 2.20. The molecule has 5 heteroatoms. The molecule has 2 heterocycles. The summed E-state index contributed by atoms with van der Waals surface area (Å²) in [6, 6.07) is 0. The summed E-state index contributed by atoms with van der Waals surface area (Å²) >= 11 is 0. The Morgan fingerprint density at radius 2 is 2.44 bits per heavy atom. The zero-order valence-electron chi connectivity index (χ0n) is 11.2. The van der Waals surface area contributed by atoms with Gasteiger partial charge in [0.1, 0.15) is 0 Å². The zero-order chi connectivity index (χ0) is 13.2. The molecule has 2 rings (SSSR count). The van der Waals surface area contributed by atoms with Crippen molar-refractivity contribution in [1.29, 1.82) is 0 Å². The lowest BCUT2D eigenvalue weighted by Gasteiger charge is -2.19. The molecular formula is C13H20N2O3. The number of esters is 1. The molecule has 0 saturated carbocycles. The van der Waals surface area contributed by atoms with Crippen molar-refractivity contribution in [3.05, 3.63) is 18.0 Å². The van der Waals surface area contributed by atoms with Crippen LogP contribution in [0.4, 0.5) is 0 Å². The minimum absolute atomic E-state index is 0.0399. The second-order valence-corrected chi connectivity index (χ2v) is 5.21. The maximum atomic E-state index is 11.5. The lowest BCUT2D eigenvalue weighted by atomic mass is 10.1. The number of nitrogens with zero attached hydrogens (tertiary/aromatic N) is 2. The number of rotatable bonds is 4. The Kier molecular flexibility index (Phi) is 3.71. The van der Waals surface area contributed by atoms with Gasteiger partial charge in [-0.25, -0.2) is 4.79 Å². The van der Waals surface area contributed by atoms with Gasteiger partial charge in [-0.15, -0.1) is 0 Å². The molecule has 1 saturated heterocycles. The van der Waals surface area contributed by atoms with E-state index in [1.807, 2.05) is 0 Å². The fourth-order valence-corrected chi connectivity index (χ4v) is 2.20. The smallest absolute Gasteiger partial charge is 0.341 e. The van der Waals surface area contributed by atoms with Crippen LogP contribution in [0.15, 0.2) is 12.4 Å². The van der Waals surface area contributed by atoms with Gasteiger partial charge in [0.2, 0.25) is 0 Å². The fraction of sp³-hybridized carbons (Fsp3) is 0.692. The van der Waals surface area contributed by atoms with E-state index in [2.05, 4.69) is 18.9 Å². The van der Waals surface area contributed by atoms with Crippen molar-refractivity contribution in [3.8, 4) is 0 Å². The first-order valence-corrected chi connectivity index (χ1v) is 6.37. The molecule has 0 aromatic carbocycles. The molecule has 1 aromatic rings. The Bertz CT molecular complexity index is 426.